The lowest BCUT2D eigenvalue weighted by molar-refractivity contribution is 0.0469. The quantitative estimate of drug-likeness (QED) is 0.722. The number of pyridine rings is 1. The average molecular weight is 394 g/mol. The third-order valence-electron chi connectivity index (χ3n) is 5.95. The molecule has 1 saturated heterocycles. The first-order valence-electron chi connectivity index (χ1n) is 10.3. The molecule has 1 fully saturated rings. The van der Waals surface area contributed by atoms with Gasteiger partial charge in [-0.25, -0.2) is 9.97 Å². The smallest absolute Gasteiger partial charge is 0.274 e. The van der Waals surface area contributed by atoms with Crippen LogP contribution in [0.5, 0.6) is 0 Å². The molecule has 8 heteroatoms. The second-order valence-electron chi connectivity index (χ2n) is 7.99. The molecule has 1 amide bonds. The number of nitrogens with zero attached hydrogens (tertiary/aromatic N) is 6. The van der Waals surface area contributed by atoms with Gasteiger partial charge in [0.1, 0.15) is 17.2 Å². The first kappa shape index (κ1) is 18.3. The molecule has 29 heavy (non-hydrogen) atoms. The highest BCUT2D eigenvalue weighted by Crippen LogP contribution is 2.17. The zero-order valence-corrected chi connectivity index (χ0v) is 16.4. The van der Waals surface area contributed by atoms with Crippen LogP contribution in [0.15, 0.2) is 36.8 Å². The Hall–Kier alpha value is -2.71. The zero-order chi connectivity index (χ0) is 19.8. The molecule has 0 bridgehead atoms. The van der Waals surface area contributed by atoms with E-state index >= 15 is 0 Å². The number of β-amino-alcohol motifs (C(OH)–C–C–N with tert-alkyl or cyclic N) is 1. The van der Waals surface area contributed by atoms with Gasteiger partial charge in [-0.15, -0.1) is 0 Å². The third-order valence-corrected chi connectivity index (χ3v) is 5.95. The monoisotopic (exact) mass is 394 g/mol. The zero-order valence-electron chi connectivity index (χ0n) is 16.4. The number of aromatic nitrogens is 4. The number of imidazole rings is 2. The SMILES string of the molecule is O=C(c1cn2c(n1)CCN(Cc1cnc3ccccn13)CC2)N1CCC[C@H](O)C1. The van der Waals surface area contributed by atoms with Crippen molar-refractivity contribution in [1.82, 2.24) is 28.7 Å². The summed E-state index contributed by atoms with van der Waals surface area (Å²) < 4.78 is 4.25. The average Bonchev–Trinajstić information content (AvgIpc) is 3.29. The molecule has 3 aromatic rings. The van der Waals surface area contributed by atoms with Crippen LogP contribution in [0.4, 0.5) is 0 Å². The minimum atomic E-state index is -0.415. The third kappa shape index (κ3) is 3.65. The topological polar surface area (TPSA) is 78.9 Å². The van der Waals surface area contributed by atoms with E-state index in [2.05, 4.69) is 30.0 Å². The van der Waals surface area contributed by atoms with E-state index in [1.165, 1.54) is 5.69 Å². The highest BCUT2D eigenvalue weighted by Gasteiger charge is 2.26. The highest BCUT2D eigenvalue weighted by atomic mass is 16.3. The fourth-order valence-electron chi connectivity index (χ4n) is 4.36. The van der Waals surface area contributed by atoms with Gasteiger partial charge < -0.3 is 19.0 Å². The van der Waals surface area contributed by atoms with E-state index < -0.39 is 6.10 Å². The van der Waals surface area contributed by atoms with Gasteiger partial charge in [-0.1, -0.05) is 6.07 Å². The summed E-state index contributed by atoms with van der Waals surface area (Å²) in [4.78, 5) is 26.0. The Morgan fingerprint density at radius 3 is 3.03 bits per heavy atom. The number of aliphatic hydroxyl groups is 1. The van der Waals surface area contributed by atoms with Crippen molar-refractivity contribution in [2.75, 3.05) is 26.2 Å². The predicted molar refractivity (Wildman–Crippen MR) is 108 cm³/mol. The number of hydrogen-bond donors (Lipinski definition) is 1. The molecule has 5 heterocycles. The largest absolute Gasteiger partial charge is 0.391 e. The van der Waals surface area contributed by atoms with Gasteiger partial charge in [-0.2, -0.15) is 0 Å². The van der Waals surface area contributed by atoms with Gasteiger partial charge in [0.2, 0.25) is 0 Å². The first-order chi connectivity index (χ1) is 14.2. The number of rotatable bonds is 3. The normalized spacial score (nSPS) is 20.6. The highest BCUT2D eigenvalue weighted by molar-refractivity contribution is 5.92. The molecule has 5 rings (SSSR count). The Kier molecular flexibility index (Phi) is 4.81. The van der Waals surface area contributed by atoms with Gasteiger partial charge in [0.05, 0.1) is 18.0 Å². The van der Waals surface area contributed by atoms with E-state index in [1.54, 1.807) is 4.90 Å². The molecule has 0 unspecified atom stereocenters. The molecule has 0 spiro atoms. The minimum absolute atomic E-state index is 0.0630. The summed E-state index contributed by atoms with van der Waals surface area (Å²) in [6, 6.07) is 6.04. The molecule has 2 aliphatic heterocycles. The van der Waals surface area contributed by atoms with Crippen LogP contribution in [-0.2, 0) is 19.5 Å². The number of piperidine rings is 1. The van der Waals surface area contributed by atoms with Crippen molar-refractivity contribution in [1.29, 1.82) is 0 Å². The summed E-state index contributed by atoms with van der Waals surface area (Å²) >= 11 is 0. The molecule has 0 radical (unpaired) electrons. The fourth-order valence-corrected chi connectivity index (χ4v) is 4.36. The van der Waals surface area contributed by atoms with E-state index in [4.69, 9.17) is 0 Å². The Morgan fingerprint density at radius 2 is 2.14 bits per heavy atom. The van der Waals surface area contributed by atoms with Crippen LogP contribution < -0.4 is 0 Å². The summed E-state index contributed by atoms with van der Waals surface area (Å²) in [6.45, 7) is 4.56. The lowest BCUT2D eigenvalue weighted by atomic mass is 10.1. The van der Waals surface area contributed by atoms with Crippen molar-refractivity contribution in [3.05, 3.63) is 54.0 Å². The summed E-state index contributed by atoms with van der Waals surface area (Å²) in [5.74, 6) is 0.901. The van der Waals surface area contributed by atoms with Gasteiger partial charge in [0, 0.05) is 58.1 Å². The maximum absolute atomic E-state index is 12.8. The summed E-state index contributed by atoms with van der Waals surface area (Å²) in [6.07, 6.45) is 7.90. The fraction of sp³-hybridized carbons (Fsp3) is 0.476. The standard InChI is InChI=1S/C21H26N6O2/c28-17-4-3-7-26(14-17)21(29)18-15-25-11-10-24(9-6-20(25)23-18)13-16-12-22-19-5-1-2-8-27(16)19/h1-2,5,8,12,15,17,28H,3-4,6-7,9-11,13-14H2/t17-/m0/s1. The molecule has 0 aliphatic carbocycles. The number of amides is 1. The first-order valence-corrected chi connectivity index (χ1v) is 10.3. The second kappa shape index (κ2) is 7.61. The van der Waals surface area contributed by atoms with Crippen LogP contribution in [0.25, 0.3) is 5.65 Å². The second-order valence-corrected chi connectivity index (χ2v) is 7.99. The van der Waals surface area contributed by atoms with E-state index in [0.717, 1.165) is 56.9 Å². The number of carbonyl (C=O) groups excluding carboxylic acids is 1. The Labute approximate surface area is 169 Å². The predicted octanol–water partition coefficient (Wildman–Crippen LogP) is 1.19. The molecule has 152 valence electrons. The van der Waals surface area contributed by atoms with E-state index in [1.807, 2.05) is 30.6 Å². The van der Waals surface area contributed by atoms with Crippen molar-refractivity contribution >= 4 is 11.6 Å². The van der Waals surface area contributed by atoms with Crippen molar-refractivity contribution in [2.24, 2.45) is 0 Å². The maximum Gasteiger partial charge on any atom is 0.274 e. The van der Waals surface area contributed by atoms with Crippen LogP contribution in [0.2, 0.25) is 0 Å². The summed E-state index contributed by atoms with van der Waals surface area (Å²) in [5.41, 5.74) is 2.65. The van der Waals surface area contributed by atoms with Crippen molar-refractivity contribution < 1.29 is 9.90 Å². The Bertz CT molecular complexity index is 1000. The van der Waals surface area contributed by atoms with Gasteiger partial charge in [-0.3, -0.25) is 9.69 Å². The van der Waals surface area contributed by atoms with Crippen LogP contribution >= 0.6 is 0 Å². The molecule has 1 atom stereocenters. The van der Waals surface area contributed by atoms with Crippen LogP contribution in [0.1, 0.15) is 34.8 Å². The lowest BCUT2D eigenvalue weighted by Crippen LogP contribution is -2.42. The summed E-state index contributed by atoms with van der Waals surface area (Å²) in [7, 11) is 0. The van der Waals surface area contributed by atoms with E-state index in [0.29, 0.717) is 18.8 Å². The van der Waals surface area contributed by atoms with E-state index in [-0.39, 0.29) is 5.91 Å². The molecule has 0 aromatic carbocycles. The lowest BCUT2D eigenvalue weighted by Gasteiger charge is -2.29. The van der Waals surface area contributed by atoms with Crippen LogP contribution in [0.3, 0.4) is 0 Å². The van der Waals surface area contributed by atoms with Crippen molar-refractivity contribution in [3.63, 3.8) is 0 Å². The maximum atomic E-state index is 12.8. The van der Waals surface area contributed by atoms with Crippen LogP contribution in [-0.4, -0.2) is 72.0 Å². The van der Waals surface area contributed by atoms with Gasteiger partial charge in [-0.05, 0) is 25.0 Å². The molecular weight excluding hydrogens is 368 g/mol. The number of hydrogen-bond acceptors (Lipinski definition) is 5. The molecule has 2 aliphatic rings. The van der Waals surface area contributed by atoms with Gasteiger partial charge >= 0.3 is 0 Å². The number of carbonyl (C=O) groups is 1. The van der Waals surface area contributed by atoms with Crippen LogP contribution in [0, 0.1) is 0 Å². The Balaban J connectivity index is 1.26. The number of fused-ring (bicyclic) bond motifs is 2. The molecule has 3 aromatic heterocycles. The molecule has 1 N–H and O–H groups in total. The van der Waals surface area contributed by atoms with Gasteiger partial charge in [0.15, 0.2) is 0 Å². The number of likely N-dealkylation sites (tertiary alicyclic amines) is 1. The molecular formula is C21H26N6O2. The summed E-state index contributed by atoms with van der Waals surface area (Å²) in [5, 5.41) is 9.84. The van der Waals surface area contributed by atoms with Crippen molar-refractivity contribution in [2.45, 2.75) is 38.5 Å². The molecule has 0 saturated carbocycles. The molecule has 8 nitrogen and oxygen atoms in total. The minimum Gasteiger partial charge on any atom is -0.391 e. The van der Waals surface area contributed by atoms with E-state index in [9.17, 15) is 9.90 Å². The Morgan fingerprint density at radius 1 is 1.21 bits per heavy atom. The van der Waals surface area contributed by atoms with Crippen molar-refractivity contribution in [3.8, 4) is 0 Å². The number of aliphatic hydroxyl groups excluding tert-OH is 1. The van der Waals surface area contributed by atoms with Gasteiger partial charge in [0.25, 0.3) is 5.91 Å².